The first-order chi connectivity index (χ1) is 7.90. The molecule has 0 aliphatic rings. The molecule has 92 valence electrons. The van der Waals surface area contributed by atoms with Crippen LogP contribution in [0.2, 0.25) is 0 Å². The number of halogens is 1. The molecule has 1 aromatic rings. The number of benzene rings is 1. The van der Waals surface area contributed by atoms with Gasteiger partial charge in [-0.15, -0.1) is 11.8 Å². The second-order valence-electron chi connectivity index (χ2n) is 3.40. The number of hydrogen-bond donors (Lipinski definition) is 1. The van der Waals surface area contributed by atoms with E-state index in [9.17, 15) is 14.9 Å². The molecule has 1 rings (SSSR count). The Kier molecular flexibility index (Phi) is 4.95. The Morgan fingerprint density at radius 3 is 2.82 bits per heavy atom. The lowest BCUT2D eigenvalue weighted by atomic mass is 10.3. The summed E-state index contributed by atoms with van der Waals surface area (Å²) in [7, 11) is 0. The molecule has 7 heteroatoms. The number of hydrogen-bond acceptors (Lipinski definition) is 4. The Labute approximate surface area is 110 Å². The second kappa shape index (κ2) is 6.02. The lowest BCUT2D eigenvalue weighted by Crippen LogP contribution is -2.05. The molecule has 1 N–H and O–H groups in total. The summed E-state index contributed by atoms with van der Waals surface area (Å²) in [4.78, 5) is 21.4. The molecule has 0 bridgehead atoms. The molecule has 1 aromatic carbocycles. The summed E-state index contributed by atoms with van der Waals surface area (Å²) in [6.07, 6.45) is -0.0299. The highest BCUT2D eigenvalue weighted by molar-refractivity contribution is 9.10. The largest absolute Gasteiger partial charge is 0.481 e. The molecule has 0 fully saturated rings. The van der Waals surface area contributed by atoms with Gasteiger partial charge in [-0.2, -0.15) is 0 Å². The van der Waals surface area contributed by atoms with Crippen LogP contribution in [0.4, 0.5) is 5.69 Å². The van der Waals surface area contributed by atoms with Gasteiger partial charge in [0.05, 0.1) is 16.2 Å². The SMILES string of the molecule is CC(CC(=O)O)Sc1ccc(Br)cc1[N+](=O)[O-]. The molecule has 1 unspecified atom stereocenters. The molecule has 1 atom stereocenters. The van der Waals surface area contributed by atoms with Crippen LogP contribution in [-0.4, -0.2) is 21.2 Å². The first-order valence-corrected chi connectivity index (χ1v) is 6.40. The van der Waals surface area contributed by atoms with Crippen LogP contribution in [0.15, 0.2) is 27.6 Å². The number of carboxylic acids is 1. The maximum atomic E-state index is 10.8. The summed E-state index contributed by atoms with van der Waals surface area (Å²) in [6.45, 7) is 1.73. The van der Waals surface area contributed by atoms with Gasteiger partial charge in [0, 0.05) is 15.8 Å². The molecule has 17 heavy (non-hydrogen) atoms. The molecule has 0 radical (unpaired) electrons. The van der Waals surface area contributed by atoms with Crippen molar-refractivity contribution in [3.8, 4) is 0 Å². The van der Waals surface area contributed by atoms with Gasteiger partial charge >= 0.3 is 5.97 Å². The molecule has 0 spiro atoms. The summed E-state index contributed by atoms with van der Waals surface area (Å²) in [5.41, 5.74) is -0.0124. The zero-order valence-electron chi connectivity index (χ0n) is 8.92. The van der Waals surface area contributed by atoms with Crippen LogP contribution in [0.1, 0.15) is 13.3 Å². The standard InChI is InChI=1S/C10H10BrNO4S/c1-6(4-10(13)14)17-9-3-2-7(11)5-8(9)12(15)16/h2-3,5-6H,4H2,1H3,(H,13,14). The topological polar surface area (TPSA) is 80.4 Å². The number of carbonyl (C=O) groups is 1. The Morgan fingerprint density at radius 2 is 2.29 bits per heavy atom. The van der Waals surface area contributed by atoms with Crippen LogP contribution < -0.4 is 0 Å². The zero-order valence-corrected chi connectivity index (χ0v) is 11.3. The minimum absolute atomic E-state index is 0.0124. The van der Waals surface area contributed by atoms with E-state index in [0.717, 1.165) is 0 Å². The molecular weight excluding hydrogens is 310 g/mol. The van der Waals surface area contributed by atoms with Crippen molar-refractivity contribution in [1.29, 1.82) is 0 Å². The van der Waals surface area contributed by atoms with Crippen molar-refractivity contribution in [2.75, 3.05) is 0 Å². The van der Waals surface area contributed by atoms with Crippen molar-refractivity contribution >= 4 is 39.3 Å². The highest BCUT2D eigenvalue weighted by Gasteiger charge is 2.18. The van der Waals surface area contributed by atoms with E-state index < -0.39 is 10.9 Å². The number of rotatable bonds is 5. The van der Waals surface area contributed by atoms with Crippen molar-refractivity contribution in [1.82, 2.24) is 0 Å². The Morgan fingerprint density at radius 1 is 1.65 bits per heavy atom. The smallest absolute Gasteiger partial charge is 0.304 e. The van der Waals surface area contributed by atoms with Crippen molar-refractivity contribution in [3.63, 3.8) is 0 Å². The number of nitrogens with zero attached hydrogens (tertiary/aromatic N) is 1. The predicted molar refractivity (Wildman–Crippen MR) is 68.4 cm³/mol. The van der Waals surface area contributed by atoms with E-state index in [0.29, 0.717) is 9.37 Å². The van der Waals surface area contributed by atoms with Crippen LogP contribution in [0.25, 0.3) is 0 Å². The molecule has 0 saturated heterocycles. The normalized spacial score (nSPS) is 12.1. The highest BCUT2D eigenvalue weighted by Crippen LogP contribution is 2.34. The molecule has 0 aliphatic carbocycles. The molecule has 5 nitrogen and oxygen atoms in total. The molecule has 0 aromatic heterocycles. The fourth-order valence-electron chi connectivity index (χ4n) is 1.24. The fraction of sp³-hybridized carbons (Fsp3) is 0.300. The molecule has 0 saturated carbocycles. The van der Waals surface area contributed by atoms with E-state index in [4.69, 9.17) is 5.11 Å². The predicted octanol–water partition coefficient (Wildman–Crippen LogP) is 3.31. The first kappa shape index (κ1) is 14.0. The molecule has 0 aliphatic heterocycles. The van der Waals surface area contributed by atoms with Crippen LogP contribution in [0, 0.1) is 10.1 Å². The number of nitro groups is 1. The van der Waals surface area contributed by atoms with Crippen molar-refractivity contribution in [2.45, 2.75) is 23.5 Å². The Hall–Kier alpha value is -1.08. The summed E-state index contributed by atoms with van der Waals surface area (Å²) in [6, 6.07) is 4.73. The van der Waals surface area contributed by atoms with E-state index in [-0.39, 0.29) is 17.4 Å². The Bertz CT molecular complexity index is 452. The third-order valence-electron chi connectivity index (χ3n) is 1.91. The third kappa shape index (κ3) is 4.35. The maximum absolute atomic E-state index is 10.8. The quantitative estimate of drug-likeness (QED) is 0.511. The summed E-state index contributed by atoms with van der Waals surface area (Å²) in [5, 5.41) is 19.2. The molecule has 0 amide bonds. The zero-order chi connectivity index (χ0) is 13.0. The van der Waals surface area contributed by atoms with Crippen molar-refractivity contribution in [2.24, 2.45) is 0 Å². The minimum atomic E-state index is -0.912. The summed E-state index contributed by atoms with van der Waals surface area (Å²) in [5.74, 6) is -0.912. The van der Waals surface area contributed by atoms with Gasteiger partial charge in [0.25, 0.3) is 5.69 Å². The highest BCUT2D eigenvalue weighted by atomic mass is 79.9. The van der Waals surface area contributed by atoms with E-state index in [1.54, 1.807) is 19.1 Å². The van der Waals surface area contributed by atoms with E-state index in [1.807, 2.05) is 0 Å². The minimum Gasteiger partial charge on any atom is -0.481 e. The number of carboxylic acid groups (broad SMARTS) is 1. The van der Waals surface area contributed by atoms with Crippen molar-refractivity contribution < 1.29 is 14.8 Å². The number of nitro benzene ring substituents is 1. The van der Waals surface area contributed by atoms with E-state index in [1.165, 1.54) is 17.8 Å². The van der Waals surface area contributed by atoms with Gasteiger partial charge in [-0.3, -0.25) is 14.9 Å². The van der Waals surface area contributed by atoms with Gasteiger partial charge in [0.2, 0.25) is 0 Å². The lowest BCUT2D eigenvalue weighted by Gasteiger charge is -2.08. The summed E-state index contributed by atoms with van der Waals surface area (Å²) < 4.78 is 0.624. The maximum Gasteiger partial charge on any atom is 0.304 e. The van der Waals surface area contributed by atoms with Crippen LogP contribution in [0.3, 0.4) is 0 Å². The average Bonchev–Trinajstić information content (AvgIpc) is 2.19. The second-order valence-corrected chi connectivity index (χ2v) is 5.79. The van der Waals surface area contributed by atoms with Gasteiger partial charge in [0.1, 0.15) is 0 Å². The summed E-state index contributed by atoms with van der Waals surface area (Å²) >= 11 is 4.36. The van der Waals surface area contributed by atoms with Gasteiger partial charge in [-0.1, -0.05) is 22.9 Å². The molecule has 0 heterocycles. The van der Waals surface area contributed by atoms with Crippen LogP contribution >= 0.6 is 27.7 Å². The van der Waals surface area contributed by atoms with Crippen molar-refractivity contribution in [3.05, 3.63) is 32.8 Å². The van der Waals surface area contributed by atoms with Crippen LogP contribution in [-0.2, 0) is 4.79 Å². The van der Waals surface area contributed by atoms with E-state index >= 15 is 0 Å². The third-order valence-corrected chi connectivity index (χ3v) is 3.57. The van der Waals surface area contributed by atoms with Gasteiger partial charge < -0.3 is 5.11 Å². The van der Waals surface area contributed by atoms with Gasteiger partial charge in [0.15, 0.2) is 0 Å². The van der Waals surface area contributed by atoms with Gasteiger partial charge in [-0.05, 0) is 12.1 Å². The van der Waals surface area contributed by atoms with E-state index in [2.05, 4.69) is 15.9 Å². The number of thioether (sulfide) groups is 1. The fourth-order valence-corrected chi connectivity index (χ4v) is 2.65. The first-order valence-electron chi connectivity index (χ1n) is 4.72. The average molecular weight is 320 g/mol. The van der Waals surface area contributed by atoms with Crippen LogP contribution in [0.5, 0.6) is 0 Å². The number of aliphatic carboxylic acids is 1. The monoisotopic (exact) mass is 319 g/mol. The lowest BCUT2D eigenvalue weighted by molar-refractivity contribution is -0.387. The van der Waals surface area contributed by atoms with Gasteiger partial charge in [-0.25, -0.2) is 0 Å². The molecular formula is C10H10BrNO4S. The Balaban J connectivity index is 2.90.